The van der Waals surface area contributed by atoms with Gasteiger partial charge >= 0.3 is 0 Å². The topological polar surface area (TPSA) is 26.3 Å². The molecule has 4 heteroatoms. The fraction of sp³-hybridized carbons (Fsp3) is 0.300. The van der Waals surface area contributed by atoms with Crippen LogP contribution in [-0.4, -0.2) is 11.9 Å². The molecule has 0 saturated heterocycles. The molecule has 14 heavy (non-hydrogen) atoms. The quantitative estimate of drug-likeness (QED) is 0.775. The van der Waals surface area contributed by atoms with Crippen molar-refractivity contribution in [3.63, 3.8) is 0 Å². The number of benzene rings is 1. The Balaban J connectivity index is 2.53. The number of Topliss-reactive ketones (excluding diaryl/α,β-unsaturated/α-hetero) is 1. The summed E-state index contributed by atoms with van der Waals surface area (Å²) in [5.41, 5.74) is 0.337. The summed E-state index contributed by atoms with van der Waals surface area (Å²) >= 11 is 3.17. The minimum absolute atomic E-state index is 0.136. The highest BCUT2D eigenvalue weighted by Crippen LogP contribution is 2.37. The first-order valence-electron chi connectivity index (χ1n) is 4.33. The number of halogens is 2. The third-order valence-electron chi connectivity index (χ3n) is 2.20. The summed E-state index contributed by atoms with van der Waals surface area (Å²) in [6.45, 7) is 1.86. The molecule has 1 aliphatic heterocycles. The fourth-order valence-corrected chi connectivity index (χ4v) is 2.03. The SMILES string of the molecule is CCC1Oc2c(Br)cc(F)cc2C1=O. The number of carbonyl (C=O) groups is 1. The van der Waals surface area contributed by atoms with Crippen molar-refractivity contribution in [1.82, 2.24) is 0 Å². The monoisotopic (exact) mass is 258 g/mol. The van der Waals surface area contributed by atoms with Gasteiger partial charge in [0.25, 0.3) is 0 Å². The largest absolute Gasteiger partial charge is 0.480 e. The predicted molar refractivity (Wildman–Crippen MR) is 53.1 cm³/mol. The summed E-state index contributed by atoms with van der Waals surface area (Å²) < 4.78 is 18.9. The molecule has 0 bridgehead atoms. The molecule has 0 radical (unpaired) electrons. The normalized spacial score (nSPS) is 19.4. The summed E-state index contributed by atoms with van der Waals surface area (Å²) in [6, 6.07) is 2.52. The van der Waals surface area contributed by atoms with Crippen LogP contribution in [0.15, 0.2) is 16.6 Å². The van der Waals surface area contributed by atoms with Crippen molar-refractivity contribution in [3.8, 4) is 5.75 Å². The number of hydrogen-bond donors (Lipinski definition) is 0. The van der Waals surface area contributed by atoms with Gasteiger partial charge in [0.15, 0.2) is 6.10 Å². The van der Waals surface area contributed by atoms with E-state index in [9.17, 15) is 9.18 Å². The van der Waals surface area contributed by atoms with E-state index in [4.69, 9.17) is 4.74 Å². The highest BCUT2D eigenvalue weighted by atomic mass is 79.9. The van der Waals surface area contributed by atoms with Gasteiger partial charge < -0.3 is 4.74 Å². The summed E-state index contributed by atoms with van der Waals surface area (Å²) in [4.78, 5) is 11.6. The van der Waals surface area contributed by atoms with Crippen LogP contribution in [-0.2, 0) is 0 Å². The van der Waals surface area contributed by atoms with Crippen molar-refractivity contribution in [1.29, 1.82) is 0 Å². The van der Waals surface area contributed by atoms with Crippen molar-refractivity contribution >= 4 is 21.7 Å². The molecule has 1 aromatic carbocycles. The zero-order chi connectivity index (χ0) is 10.3. The Morgan fingerprint density at radius 2 is 2.29 bits per heavy atom. The molecule has 0 spiro atoms. The number of fused-ring (bicyclic) bond motifs is 1. The van der Waals surface area contributed by atoms with Crippen LogP contribution in [0.2, 0.25) is 0 Å². The summed E-state index contributed by atoms with van der Waals surface area (Å²) in [6.07, 6.45) is 0.143. The average molecular weight is 259 g/mol. The Hall–Kier alpha value is -0.900. The van der Waals surface area contributed by atoms with Gasteiger partial charge in [0.05, 0.1) is 10.0 Å². The molecule has 0 saturated carbocycles. The molecule has 1 unspecified atom stereocenters. The number of carbonyl (C=O) groups excluding carboxylic acids is 1. The van der Waals surface area contributed by atoms with E-state index in [2.05, 4.69) is 15.9 Å². The maximum absolute atomic E-state index is 13.0. The molecular weight excluding hydrogens is 251 g/mol. The van der Waals surface area contributed by atoms with E-state index in [1.165, 1.54) is 12.1 Å². The Morgan fingerprint density at radius 3 is 2.93 bits per heavy atom. The lowest BCUT2D eigenvalue weighted by atomic mass is 10.1. The van der Waals surface area contributed by atoms with E-state index < -0.39 is 11.9 Å². The Morgan fingerprint density at radius 1 is 1.57 bits per heavy atom. The number of rotatable bonds is 1. The van der Waals surface area contributed by atoms with Crippen LogP contribution in [0.1, 0.15) is 23.7 Å². The first-order chi connectivity index (χ1) is 6.63. The standard InChI is InChI=1S/C10H8BrFO2/c1-2-8-9(13)6-3-5(12)4-7(11)10(6)14-8/h3-4,8H,2H2,1H3. The van der Waals surface area contributed by atoms with Crippen LogP contribution < -0.4 is 4.74 Å². The van der Waals surface area contributed by atoms with Gasteiger partial charge in [-0.15, -0.1) is 0 Å². The molecule has 1 heterocycles. The van der Waals surface area contributed by atoms with Crippen LogP contribution in [0.4, 0.5) is 4.39 Å². The minimum atomic E-state index is -0.455. The highest BCUT2D eigenvalue weighted by Gasteiger charge is 2.33. The van der Waals surface area contributed by atoms with Gasteiger partial charge in [-0.25, -0.2) is 4.39 Å². The van der Waals surface area contributed by atoms with E-state index in [-0.39, 0.29) is 5.78 Å². The Bertz CT molecular complexity index is 403. The lowest BCUT2D eigenvalue weighted by Gasteiger charge is -2.05. The third kappa shape index (κ3) is 1.34. The lowest BCUT2D eigenvalue weighted by molar-refractivity contribution is 0.0852. The van der Waals surface area contributed by atoms with E-state index in [1.807, 2.05) is 6.92 Å². The summed E-state index contributed by atoms with van der Waals surface area (Å²) in [7, 11) is 0. The minimum Gasteiger partial charge on any atom is -0.480 e. The van der Waals surface area contributed by atoms with E-state index in [1.54, 1.807) is 0 Å². The highest BCUT2D eigenvalue weighted by molar-refractivity contribution is 9.10. The van der Waals surface area contributed by atoms with E-state index in [0.29, 0.717) is 22.2 Å². The van der Waals surface area contributed by atoms with Gasteiger partial charge in [-0.05, 0) is 34.5 Å². The number of ether oxygens (including phenoxy) is 1. The smallest absolute Gasteiger partial charge is 0.207 e. The predicted octanol–water partition coefficient (Wildman–Crippen LogP) is 2.94. The fourth-order valence-electron chi connectivity index (χ4n) is 1.50. The molecule has 0 fully saturated rings. The number of ketones is 1. The molecule has 1 atom stereocenters. The first kappa shape index (κ1) is 9.65. The molecule has 0 aromatic heterocycles. The van der Waals surface area contributed by atoms with Crippen LogP contribution in [0.25, 0.3) is 0 Å². The van der Waals surface area contributed by atoms with Crippen molar-refractivity contribution < 1.29 is 13.9 Å². The van der Waals surface area contributed by atoms with Crippen molar-refractivity contribution in [3.05, 3.63) is 28.0 Å². The maximum Gasteiger partial charge on any atom is 0.207 e. The van der Waals surface area contributed by atoms with Gasteiger partial charge in [-0.2, -0.15) is 0 Å². The van der Waals surface area contributed by atoms with Crippen LogP contribution in [0.5, 0.6) is 5.75 Å². The van der Waals surface area contributed by atoms with Gasteiger partial charge in [0, 0.05) is 0 Å². The molecular formula is C10H8BrFO2. The second kappa shape index (κ2) is 3.35. The Kier molecular flexibility index (Phi) is 2.31. The van der Waals surface area contributed by atoms with E-state index in [0.717, 1.165) is 0 Å². The number of hydrogen-bond acceptors (Lipinski definition) is 2. The van der Waals surface area contributed by atoms with Crippen LogP contribution in [0, 0.1) is 5.82 Å². The van der Waals surface area contributed by atoms with Gasteiger partial charge in [-0.1, -0.05) is 6.92 Å². The van der Waals surface area contributed by atoms with Gasteiger partial charge in [-0.3, -0.25) is 4.79 Å². The zero-order valence-electron chi connectivity index (χ0n) is 7.51. The van der Waals surface area contributed by atoms with Crippen LogP contribution >= 0.6 is 15.9 Å². The van der Waals surface area contributed by atoms with Crippen LogP contribution in [0.3, 0.4) is 0 Å². The van der Waals surface area contributed by atoms with Gasteiger partial charge in [0.1, 0.15) is 11.6 Å². The molecule has 1 aliphatic rings. The van der Waals surface area contributed by atoms with Crippen molar-refractivity contribution in [2.45, 2.75) is 19.4 Å². The first-order valence-corrected chi connectivity index (χ1v) is 5.12. The Labute approximate surface area is 89.2 Å². The molecule has 2 nitrogen and oxygen atoms in total. The molecule has 74 valence electrons. The molecule has 2 rings (SSSR count). The van der Waals surface area contributed by atoms with Crippen molar-refractivity contribution in [2.24, 2.45) is 0 Å². The summed E-state index contributed by atoms with van der Waals surface area (Å²) in [5, 5.41) is 0. The molecule has 0 amide bonds. The third-order valence-corrected chi connectivity index (χ3v) is 2.79. The second-order valence-corrected chi connectivity index (χ2v) is 4.00. The molecule has 0 N–H and O–H groups in total. The maximum atomic E-state index is 13.0. The summed E-state index contributed by atoms with van der Waals surface area (Å²) in [5.74, 6) is -0.102. The lowest BCUT2D eigenvalue weighted by Crippen LogP contribution is -2.18. The van der Waals surface area contributed by atoms with E-state index >= 15 is 0 Å². The molecule has 1 aromatic rings. The van der Waals surface area contributed by atoms with Crippen molar-refractivity contribution in [2.75, 3.05) is 0 Å². The zero-order valence-corrected chi connectivity index (χ0v) is 9.10. The van der Waals surface area contributed by atoms with Gasteiger partial charge in [0.2, 0.25) is 5.78 Å². The molecule has 0 aliphatic carbocycles. The average Bonchev–Trinajstić information content (AvgIpc) is 2.44. The second-order valence-electron chi connectivity index (χ2n) is 3.14.